The molecular formula is C22H25N7O3. The Hall–Kier alpha value is -3.34. The highest BCUT2D eigenvalue weighted by atomic mass is 16.5. The van der Waals surface area contributed by atoms with E-state index in [9.17, 15) is 5.11 Å². The molecule has 0 aliphatic carbocycles. The van der Waals surface area contributed by atoms with Crippen molar-refractivity contribution < 1.29 is 14.6 Å². The fourth-order valence-corrected chi connectivity index (χ4v) is 3.91. The van der Waals surface area contributed by atoms with E-state index < -0.39 is 6.10 Å². The van der Waals surface area contributed by atoms with Crippen LogP contribution in [-0.2, 0) is 9.47 Å². The highest BCUT2D eigenvalue weighted by molar-refractivity contribution is 5.92. The van der Waals surface area contributed by atoms with Crippen molar-refractivity contribution in [3.05, 3.63) is 48.2 Å². The zero-order chi connectivity index (χ0) is 22.1. The zero-order valence-electron chi connectivity index (χ0n) is 18.0. The second kappa shape index (κ2) is 8.65. The summed E-state index contributed by atoms with van der Waals surface area (Å²) in [5.41, 5.74) is 3.54. The second-order valence-corrected chi connectivity index (χ2v) is 7.63. The van der Waals surface area contributed by atoms with Crippen LogP contribution >= 0.6 is 0 Å². The average molecular weight is 435 g/mol. The average Bonchev–Trinajstić information content (AvgIpc) is 3.44. The van der Waals surface area contributed by atoms with Crippen LogP contribution in [0.25, 0.3) is 28.1 Å². The van der Waals surface area contributed by atoms with Gasteiger partial charge in [-0.3, -0.25) is 0 Å². The van der Waals surface area contributed by atoms with E-state index in [1.807, 2.05) is 37.4 Å². The molecule has 4 aromatic rings. The molecule has 0 spiro atoms. The molecule has 1 atom stereocenters. The van der Waals surface area contributed by atoms with E-state index in [0.717, 1.165) is 46.9 Å². The van der Waals surface area contributed by atoms with Gasteiger partial charge in [-0.1, -0.05) is 0 Å². The number of anilines is 1. The van der Waals surface area contributed by atoms with Crippen LogP contribution in [0.5, 0.6) is 0 Å². The normalized spacial score (nSPS) is 15.4. The fourth-order valence-electron chi connectivity index (χ4n) is 3.91. The summed E-state index contributed by atoms with van der Waals surface area (Å²) in [5, 5.41) is 15.6. The van der Waals surface area contributed by atoms with Crippen LogP contribution in [0.1, 0.15) is 17.6 Å². The number of aryl methyl sites for hydroxylation is 1. The van der Waals surface area contributed by atoms with Gasteiger partial charge in [0.05, 0.1) is 25.5 Å². The number of rotatable bonds is 6. The van der Waals surface area contributed by atoms with Gasteiger partial charge in [-0.05, 0) is 25.1 Å². The van der Waals surface area contributed by atoms with E-state index in [1.54, 1.807) is 10.9 Å². The molecular weight excluding hydrogens is 410 g/mol. The number of methoxy groups -OCH3 is 1. The van der Waals surface area contributed by atoms with Crippen molar-refractivity contribution >= 4 is 16.9 Å². The van der Waals surface area contributed by atoms with Gasteiger partial charge in [0.25, 0.3) is 0 Å². The van der Waals surface area contributed by atoms with Gasteiger partial charge in [0.15, 0.2) is 11.6 Å². The van der Waals surface area contributed by atoms with Crippen LogP contribution in [0, 0.1) is 6.92 Å². The molecule has 0 amide bonds. The summed E-state index contributed by atoms with van der Waals surface area (Å²) in [4.78, 5) is 19.1. The maximum absolute atomic E-state index is 9.76. The van der Waals surface area contributed by atoms with Crippen LogP contribution in [0.4, 0.5) is 5.82 Å². The number of aliphatic hydroxyl groups is 1. The molecule has 10 heteroatoms. The summed E-state index contributed by atoms with van der Waals surface area (Å²) in [6.45, 7) is 4.52. The molecule has 0 bridgehead atoms. The van der Waals surface area contributed by atoms with Crippen LogP contribution in [0.15, 0.2) is 36.7 Å². The molecule has 0 radical (unpaired) electrons. The predicted molar refractivity (Wildman–Crippen MR) is 119 cm³/mol. The lowest BCUT2D eigenvalue weighted by Gasteiger charge is -2.28. The number of hydrogen-bond donors (Lipinski definition) is 2. The highest BCUT2D eigenvalue weighted by Gasteiger charge is 2.21. The third-order valence-corrected chi connectivity index (χ3v) is 5.62. The Kier molecular flexibility index (Phi) is 5.56. The minimum atomic E-state index is -0.621. The van der Waals surface area contributed by atoms with E-state index >= 15 is 0 Å². The van der Waals surface area contributed by atoms with Crippen LogP contribution in [-0.4, -0.2) is 74.8 Å². The molecule has 1 fully saturated rings. The molecule has 0 unspecified atom stereocenters. The molecule has 166 valence electrons. The summed E-state index contributed by atoms with van der Waals surface area (Å²) >= 11 is 0. The predicted octanol–water partition coefficient (Wildman–Crippen LogP) is 2.03. The summed E-state index contributed by atoms with van der Waals surface area (Å²) in [6.07, 6.45) is 3.06. The first-order valence-electron chi connectivity index (χ1n) is 10.5. The monoisotopic (exact) mass is 435 g/mol. The maximum Gasteiger partial charge on any atom is 0.164 e. The van der Waals surface area contributed by atoms with E-state index in [-0.39, 0.29) is 6.61 Å². The number of aromatic nitrogens is 6. The number of morpholine rings is 1. The van der Waals surface area contributed by atoms with Gasteiger partial charge in [-0.15, -0.1) is 0 Å². The first-order valence-corrected chi connectivity index (χ1v) is 10.5. The van der Waals surface area contributed by atoms with E-state index in [2.05, 4.69) is 24.8 Å². The van der Waals surface area contributed by atoms with E-state index in [0.29, 0.717) is 24.9 Å². The smallest absolute Gasteiger partial charge is 0.164 e. The molecule has 32 heavy (non-hydrogen) atoms. The number of nitrogens with zero attached hydrogens (tertiary/aromatic N) is 6. The third-order valence-electron chi connectivity index (χ3n) is 5.62. The summed E-state index contributed by atoms with van der Waals surface area (Å²) in [7, 11) is 1.54. The molecule has 2 N–H and O–H groups in total. The van der Waals surface area contributed by atoms with Crippen molar-refractivity contribution in [1.29, 1.82) is 0 Å². The molecule has 1 aliphatic rings. The van der Waals surface area contributed by atoms with Crippen molar-refractivity contribution in [2.24, 2.45) is 0 Å². The maximum atomic E-state index is 9.76. The second-order valence-electron chi connectivity index (χ2n) is 7.63. The number of hydrogen-bond acceptors (Lipinski definition) is 8. The first-order chi connectivity index (χ1) is 15.7. The minimum Gasteiger partial charge on any atom is -0.393 e. The Labute approximate surface area is 184 Å². The number of ether oxygens (including phenoxy) is 2. The largest absolute Gasteiger partial charge is 0.393 e. The Morgan fingerprint density at radius 3 is 2.81 bits per heavy atom. The lowest BCUT2D eigenvalue weighted by atomic mass is 10.1. The molecule has 5 heterocycles. The molecule has 4 aromatic heterocycles. The summed E-state index contributed by atoms with van der Waals surface area (Å²) < 4.78 is 12.7. The van der Waals surface area contributed by atoms with Crippen molar-refractivity contribution in [2.75, 3.05) is 44.9 Å². The van der Waals surface area contributed by atoms with Crippen molar-refractivity contribution in [1.82, 2.24) is 29.7 Å². The van der Waals surface area contributed by atoms with Gasteiger partial charge >= 0.3 is 0 Å². The Balaban J connectivity index is 1.60. The fraction of sp³-hybridized carbons (Fsp3) is 0.364. The van der Waals surface area contributed by atoms with E-state index in [4.69, 9.17) is 14.6 Å². The topological polar surface area (TPSA) is 114 Å². The number of fused-ring (bicyclic) bond motifs is 1. The molecule has 0 saturated carbocycles. The Bertz CT molecular complexity index is 1230. The lowest BCUT2D eigenvalue weighted by molar-refractivity contribution is 0.0422. The Morgan fingerprint density at radius 2 is 2.03 bits per heavy atom. The van der Waals surface area contributed by atoms with Gasteiger partial charge in [-0.2, -0.15) is 5.10 Å². The van der Waals surface area contributed by atoms with Gasteiger partial charge in [0.2, 0.25) is 0 Å². The minimum absolute atomic E-state index is 0.214. The van der Waals surface area contributed by atoms with Crippen LogP contribution in [0.2, 0.25) is 0 Å². The number of aliphatic hydroxyl groups excluding tert-OH is 1. The number of nitrogens with one attached hydrogen (secondary N) is 1. The van der Waals surface area contributed by atoms with Gasteiger partial charge in [-0.25, -0.2) is 19.6 Å². The summed E-state index contributed by atoms with van der Waals surface area (Å²) in [6, 6.07) is 7.87. The van der Waals surface area contributed by atoms with Gasteiger partial charge in [0.1, 0.15) is 17.6 Å². The highest BCUT2D eigenvalue weighted by Crippen LogP contribution is 2.29. The third kappa shape index (κ3) is 3.72. The molecule has 5 rings (SSSR count). The van der Waals surface area contributed by atoms with Crippen LogP contribution < -0.4 is 4.90 Å². The Morgan fingerprint density at radius 1 is 1.22 bits per heavy atom. The molecule has 10 nitrogen and oxygen atoms in total. The van der Waals surface area contributed by atoms with E-state index in [1.165, 1.54) is 7.11 Å². The molecule has 0 aromatic carbocycles. The standard InChI is InChI=1S/C22H25N7O3/c1-14-10-17(16-12-24-21-15(16)4-3-5-23-21)27-29(14)20-11-19(28-6-8-32-9-7-28)25-22(26-20)18(13-30)31-2/h3-5,10-12,18,30H,6-9,13H2,1-2H3,(H,23,24)/t18-/m1/s1. The van der Waals surface area contributed by atoms with Crippen LogP contribution in [0.3, 0.4) is 0 Å². The number of aromatic amines is 1. The molecule has 1 aliphatic heterocycles. The van der Waals surface area contributed by atoms with Gasteiger partial charge < -0.3 is 24.5 Å². The van der Waals surface area contributed by atoms with Gasteiger partial charge in [0, 0.05) is 55.3 Å². The molecule has 1 saturated heterocycles. The number of pyridine rings is 1. The first kappa shape index (κ1) is 20.6. The SMILES string of the molecule is CO[C@H](CO)c1nc(N2CCOCC2)cc(-n2nc(-c3c[nH]c4ncccc34)cc2C)n1. The number of H-pyrrole nitrogens is 1. The zero-order valence-corrected chi connectivity index (χ0v) is 18.0. The summed E-state index contributed by atoms with van der Waals surface area (Å²) in [5.74, 6) is 1.80. The quantitative estimate of drug-likeness (QED) is 0.473. The van der Waals surface area contributed by atoms with Crippen molar-refractivity contribution in [2.45, 2.75) is 13.0 Å². The van der Waals surface area contributed by atoms with Crippen molar-refractivity contribution in [3.63, 3.8) is 0 Å². The lowest BCUT2D eigenvalue weighted by Crippen LogP contribution is -2.37. The van der Waals surface area contributed by atoms with Crippen molar-refractivity contribution in [3.8, 4) is 17.1 Å².